The highest BCUT2D eigenvalue weighted by Gasteiger charge is 2.08. The highest BCUT2D eigenvalue weighted by Crippen LogP contribution is 2.10. The van der Waals surface area contributed by atoms with Crippen molar-refractivity contribution in [3.05, 3.63) is 24.3 Å². The second-order valence-electron chi connectivity index (χ2n) is 4.75. The summed E-state index contributed by atoms with van der Waals surface area (Å²) in [5.74, 6) is -0.0143. The molecule has 0 spiro atoms. The summed E-state index contributed by atoms with van der Waals surface area (Å²) in [5.41, 5.74) is 7.04. The normalized spacial score (nSPS) is 10.8. The number of rotatable bonds is 10. The monoisotopic (exact) mass is 295 g/mol. The fourth-order valence-corrected chi connectivity index (χ4v) is 1.83. The lowest BCUT2D eigenvalue weighted by atomic mass is 10.2. The number of methoxy groups -OCH3 is 2. The SMILES string of the molecule is COCCN(CCOC)CCC(=O)Nc1ccc(N)cc1. The zero-order valence-corrected chi connectivity index (χ0v) is 12.8. The maximum atomic E-state index is 11.9. The summed E-state index contributed by atoms with van der Waals surface area (Å²) < 4.78 is 10.1. The third-order valence-corrected chi connectivity index (χ3v) is 3.07. The Morgan fingerprint density at radius 3 is 2.19 bits per heavy atom. The molecule has 0 unspecified atom stereocenters. The summed E-state index contributed by atoms with van der Waals surface area (Å²) in [6.45, 7) is 3.53. The fraction of sp³-hybridized carbons (Fsp3) is 0.533. The average Bonchev–Trinajstić information content (AvgIpc) is 2.49. The number of benzene rings is 1. The van der Waals surface area contributed by atoms with E-state index in [0.717, 1.165) is 18.8 Å². The number of nitrogens with zero attached hydrogens (tertiary/aromatic N) is 1. The quantitative estimate of drug-likeness (QED) is 0.634. The lowest BCUT2D eigenvalue weighted by Crippen LogP contribution is -2.33. The molecule has 0 aliphatic rings. The topological polar surface area (TPSA) is 76.8 Å². The Hall–Kier alpha value is -1.63. The van der Waals surface area contributed by atoms with Crippen molar-refractivity contribution in [2.45, 2.75) is 6.42 Å². The lowest BCUT2D eigenvalue weighted by molar-refractivity contribution is -0.116. The van der Waals surface area contributed by atoms with Crippen LogP contribution in [0, 0.1) is 0 Å². The van der Waals surface area contributed by atoms with Gasteiger partial charge in [0, 0.05) is 51.6 Å². The molecule has 0 aliphatic carbocycles. The van der Waals surface area contributed by atoms with Crippen molar-refractivity contribution in [2.24, 2.45) is 0 Å². The Kier molecular flexibility index (Phi) is 8.42. The first-order chi connectivity index (χ1) is 10.2. The van der Waals surface area contributed by atoms with Crippen molar-refractivity contribution >= 4 is 17.3 Å². The Labute approximate surface area is 126 Å². The first kappa shape index (κ1) is 17.4. The number of anilines is 2. The van der Waals surface area contributed by atoms with Crippen LogP contribution in [0.3, 0.4) is 0 Å². The Balaban J connectivity index is 2.35. The van der Waals surface area contributed by atoms with Crippen molar-refractivity contribution in [1.82, 2.24) is 4.90 Å². The van der Waals surface area contributed by atoms with Crippen molar-refractivity contribution in [1.29, 1.82) is 0 Å². The number of amides is 1. The van der Waals surface area contributed by atoms with Gasteiger partial charge in [0.1, 0.15) is 0 Å². The molecule has 0 saturated carbocycles. The van der Waals surface area contributed by atoms with E-state index in [2.05, 4.69) is 10.2 Å². The van der Waals surface area contributed by atoms with Crippen LogP contribution in [-0.4, -0.2) is 57.9 Å². The fourth-order valence-electron chi connectivity index (χ4n) is 1.83. The van der Waals surface area contributed by atoms with Crippen LogP contribution in [0.4, 0.5) is 11.4 Å². The molecule has 0 bridgehead atoms. The summed E-state index contributed by atoms with van der Waals surface area (Å²) >= 11 is 0. The summed E-state index contributed by atoms with van der Waals surface area (Å²) in [5, 5.41) is 2.85. The van der Waals surface area contributed by atoms with Crippen LogP contribution < -0.4 is 11.1 Å². The van der Waals surface area contributed by atoms with E-state index in [0.29, 0.717) is 31.9 Å². The summed E-state index contributed by atoms with van der Waals surface area (Å²) in [4.78, 5) is 14.1. The van der Waals surface area contributed by atoms with Gasteiger partial charge in [0.15, 0.2) is 0 Å². The minimum Gasteiger partial charge on any atom is -0.399 e. The lowest BCUT2D eigenvalue weighted by Gasteiger charge is -2.21. The van der Waals surface area contributed by atoms with Crippen LogP contribution in [0.2, 0.25) is 0 Å². The number of ether oxygens (including phenoxy) is 2. The van der Waals surface area contributed by atoms with Crippen LogP contribution in [0.5, 0.6) is 0 Å². The molecular weight excluding hydrogens is 270 g/mol. The first-order valence-electron chi connectivity index (χ1n) is 7.01. The summed E-state index contributed by atoms with van der Waals surface area (Å²) in [6, 6.07) is 7.11. The number of hydrogen-bond acceptors (Lipinski definition) is 5. The van der Waals surface area contributed by atoms with Crippen molar-refractivity contribution < 1.29 is 14.3 Å². The molecule has 1 amide bonds. The van der Waals surface area contributed by atoms with E-state index < -0.39 is 0 Å². The molecule has 0 radical (unpaired) electrons. The molecule has 21 heavy (non-hydrogen) atoms. The number of hydrogen-bond donors (Lipinski definition) is 2. The largest absolute Gasteiger partial charge is 0.399 e. The number of nitrogens with one attached hydrogen (secondary N) is 1. The molecule has 3 N–H and O–H groups in total. The van der Waals surface area contributed by atoms with Gasteiger partial charge in [-0.3, -0.25) is 9.69 Å². The standard InChI is InChI=1S/C15H25N3O3/c1-20-11-9-18(10-12-21-2)8-7-15(19)17-14-5-3-13(16)4-6-14/h3-6H,7-12,16H2,1-2H3,(H,17,19). The molecule has 0 aromatic heterocycles. The molecule has 0 aliphatic heterocycles. The van der Waals surface area contributed by atoms with Gasteiger partial charge < -0.3 is 20.5 Å². The molecule has 1 rings (SSSR count). The maximum Gasteiger partial charge on any atom is 0.225 e. The Morgan fingerprint density at radius 2 is 1.67 bits per heavy atom. The Bertz CT molecular complexity index is 401. The van der Waals surface area contributed by atoms with E-state index >= 15 is 0 Å². The molecule has 6 heteroatoms. The van der Waals surface area contributed by atoms with Crippen LogP contribution in [0.25, 0.3) is 0 Å². The van der Waals surface area contributed by atoms with Crippen molar-refractivity contribution in [3.63, 3.8) is 0 Å². The van der Waals surface area contributed by atoms with E-state index in [1.807, 2.05) is 0 Å². The highest BCUT2D eigenvalue weighted by molar-refractivity contribution is 5.90. The van der Waals surface area contributed by atoms with E-state index in [4.69, 9.17) is 15.2 Å². The molecule has 6 nitrogen and oxygen atoms in total. The van der Waals surface area contributed by atoms with Gasteiger partial charge in [-0.1, -0.05) is 0 Å². The average molecular weight is 295 g/mol. The van der Waals surface area contributed by atoms with Gasteiger partial charge >= 0.3 is 0 Å². The molecule has 0 fully saturated rings. The van der Waals surface area contributed by atoms with Gasteiger partial charge in [0.25, 0.3) is 0 Å². The van der Waals surface area contributed by atoms with E-state index in [-0.39, 0.29) is 5.91 Å². The zero-order valence-electron chi connectivity index (χ0n) is 12.8. The third-order valence-electron chi connectivity index (χ3n) is 3.07. The van der Waals surface area contributed by atoms with Gasteiger partial charge in [-0.25, -0.2) is 0 Å². The van der Waals surface area contributed by atoms with E-state index in [9.17, 15) is 4.79 Å². The minimum absolute atomic E-state index is 0.0143. The van der Waals surface area contributed by atoms with Gasteiger partial charge in [0.2, 0.25) is 5.91 Å². The minimum atomic E-state index is -0.0143. The van der Waals surface area contributed by atoms with Gasteiger partial charge in [-0.15, -0.1) is 0 Å². The molecule has 118 valence electrons. The Morgan fingerprint density at radius 1 is 1.10 bits per heavy atom. The number of nitrogens with two attached hydrogens (primary N) is 1. The third kappa shape index (κ3) is 7.65. The highest BCUT2D eigenvalue weighted by atomic mass is 16.5. The van der Waals surface area contributed by atoms with Crippen molar-refractivity contribution in [2.75, 3.05) is 58.1 Å². The van der Waals surface area contributed by atoms with Gasteiger partial charge in [-0.2, -0.15) is 0 Å². The molecule has 1 aromatic rings. The maximum absolute atomic E-state index is 11.9. The molecular formula is C15H25N3O3. The number of nitrogen functional groups attached to an aromatic ring is 1. The molecule has 0 atom stereocenters. The van der Waals surface area contributed by atoms with Crippen molar-refractivity contribution in [3.8, 4) is 0 Å². The molecule has 0 heterocycles. The number of carbonyl (C=O) groups excluding carboxylic acids is 1. The van der Waals surface area contributed by atoms with Gasteiger partial charge in [-0.05, 0) is 24.3 Å². The summed E-state index contributed by atoms with van der Waals surface area (Å²) in [7, 11) is 3.34. The summed E-state index contributed by atoms with van der Waals surface area (Å²) in [6.07, 6.45) is 0.428. The second kappa shape index (κ2) is 10.1. The zero-order chi connectivity index (χ0) is 15.5. The van der Waals surface area contributed by atoms with Crippen LogP contribution in [0.1, 0.15) is 6.42 Å². The first-order valence-corrected chi connectivity index (χ1v) is 7.01. The molecule has 0 saturated heterocycles. The predicted octanol–water partition coefficient (Wildman–Crippen LogP) is 1.19. The second-order valence-corrected chi connectivity index (χ2v) is 4.75. The van der Waals surface area contributed by atoms with Crippen LogP contribution in [0.15, 0.2) is 24.3 Å². The predicted molar refractivity (Wildman–Crippen MR) is 84.3 cm³/mol. The van der Waals surface area contributed by atoms with Crippen LogP contribution in [-0.2, 0) is 14.3 Å². The smallest absolute Gasteiger partial charge is 0.225 e. The van der Waals surface area contributed by atoms with E-state index in [1.54, 1.807) is 38.5 Å². The van der Waals surface area contributed by atoms with E-state index in [1.165, 1.54) is 0 Å². The van der Waals surface area contributed by atoms with Crippen LogP contribution >= 0.6 is 0 Å². The van der Waals surface area contributed by atoms with Gasteiger partial charge in [0.05, 0.1) is 13.2 Å². The molecule has 1 aromatic carbocycles. The number of carbonyl (C=O) groups is 1.